The summed E-state index contributed by atoms with van der Waals surface area (Å²) in [5.41, 5.74) is 2.65. The Hall–Kier alpha value is -0.670. The first kappa shape index (κ1) is 14.4. The fourth-order valence-corrected chi connectivity index (χ4v) is 2.71. The van der Waals surface area contributed by atoms with Crippen molar-refractivity contribution in [1.29, 1.82) is 0 Å². The number of ether oxygens (including phenoxy) is 1. The van der Waals surface area contributed by atoms with Gasteiger partial charge in [-0.2, -0.15) is 11.8 Å². The van der Waals surface area contributed by atoms with Crippen molar-refractivity contribution in [1.82, 2.24) is 5.32 Å². The average molecular weight is 253 g/mol. The molecule has 1 rings (SSSR count). The van der Waals surface area contributed by atoms with Gasteiger partial charge in [0.15, 0.2) is 0 Å². The number of hydrogen-bond donors (Lipinski definition) is 1. The third-order valence-electron chi connectivity index (χ3n) is 2.80. The molecule has 0 aromatic heterocycles. The summed E-state index contributed by atoms with van der Waals surface area (Å²) in [5, 5.41) is 4.06. The molecule has 0 bridgehead atoms. The van der Waals surface area contributed by atoms with Crippen LogP contribution in [0.1, 0.15) is 31.0 Å². The van der Waals surface area contributed by atoms with Crippen LogP contribution in [0.3, 0.4) is 0 Å². The van der Waals surface area contributed by atoms with Gasteiger partial charge in [0, 0.05) is 11.8 Å². The Bertz CT molecular complexity index is 352. The Labute approximate surface area is 109 Å². The van der Waals surface area contributed by atoms with Gasteiger partial charge in [-0.15, -0.1) is 0 Å². The van der Waals surface area contributed by atoms with E-state index in [0.717, 1.165) is 11.5 Å². The van der Waals surface area contributed by atoms with Crippen molar-refractivity contribution in [2.24, 2.45) is 0 Å². The van der Waals surface area contributed by atoms with Crippen LogP contribution in [-0.2, 0) is 0 Å². The molecule has 0 heterocycles. The molecule has 1 unspecified atom stereocenters. The second-order valence-electron chi connectivity index (χ2n) is 4.45. The predicted molar refractivity (Wildman–Crippen MR) is 77.1 cm³/mol. The van der Waals surface area contributed by atoms with E-state index in [1.807, 2.05) is 24.9 Å². The summed E-state index contributed by atoms with van der Waals surface area (Å²) >= 11 is 1.98. The van der Waals surface area contributed by atoms with Crippen LogP contribution >= 0.6 is 11.8 Å². The molecule has 0 spiro atoms. The van der Waals surface area contributed by atoms with Gasteiger partial charge in [-0.05, 0) is 42.5 Å². The molecule has 0 saturated carbocycles. The normalized spacial score (nSPS) is 12.8. The molecule has 1 atom stereocenters. The molecular weight excluding hydrogens is 230 g/mol. The molecule has 0 radical (unpaired) electrons. The Morgan fingerprint density at radius 1 is 1.35 bits per heavy atom. The molecule has 0 saturated heterocycles. The quantitative estimate of drug-likeness (QED) is 0.839. The molecule has 0 aliphatic heterocycles. The number of aryl methyl sites for hydroxylation is 1. The van der Waals surface area contributed by atoms with Gasteiger partial charge in [-0.1, -0.05) is 19.9 Å². The monoisotopic (exact) mass is 253 g/mol. The summed E-state index contributed by atoms with van der Waals surface area (Å²) in [5.74, 6) is 2.03. The standard InChI is InChI=1S/C14H23NOS/c1-10(2)17-9-14(15-4)13-7-6-12(16-5)8-11(13)3/h6-8,10,14-15H,9H2,1-5H3. The fraction of sp³-hybridized carbons (Fsp3) is 0.571. The maximum Gasteiger partial charge on any atom is 0.119 e. The van der Waals surface area contributed by atoms with E-state index in [9.17, 15) is 0 Å². The van der Waals surface area contributed by atoms with E-state index in [1.165, 1.54) is 11.1 Å². The van der Waals surface area contributed by atoms with Crippen molar-refractivity contribution in [3.05, 3.63) is 29.3 Å². The van der Waals surface area contributed by atoms with Crippen LogP contribution in [0.25, 0.3) is 0 Å². The van der Waals surface area contributed by atoms with Gasteiger partial charge in [-0.3, -0.25) is 0 Å². The van der Waals surface area contributed by atoms with Crippen molar-refractivity contribution in [3.63, 3.8) is 0 Å². The van der Waals surface area contributed by atoms with E-state index in [-0.39, 0.29) is 0 Å². The Morgan fingerprint density at radius 3 is 2.53 bits per heavy atom. The molecule has 0 aliphatic rings. The van der Waals surface area contributed by atoms with Gasteiger partial charge >= 0.3 is 0 Å². The number of benzene rings is 1. The molecule has 17 heavy (non-hydrogen) atoms. The van der Waals surface area contributed by atoms with E-state index in [4.69, 9.17) is 4.74 Å². The number of hydrogen-bond acceptors (Lipinski definition) is 3. The third-order valence-corrected chi connectivity index (χ3v) is 3.99. The zero-order valence-electron chi connectivity index (χ0n) is 11.4. The summed E-state index contributed by atoms with van der Waals surface area (Å²) in [4.78, 5) is 0. The van der Waals surface area contributed by atoms with Gasteiger partial charge in [0.2, 0.25) is 0 Å². The highest BCUT2D eigenvalue weighted by Gasteiger charge is 2.13. The van der Waals surface area contributed by atoms with Crippen molar-refractivity contribution in [3.8, 4) is 5.75 Å². The van der Waals surface area contributed by atoms with Crippen LogP contribution in [0.15, 0.2) is 18.2 Å². The van der Waals surface area contributed by atoms with Crippen LogP contribution < -0.4 is 10.1 Å². The maximum absolute atomic E-state index is 5.24. The Morgan fingerprint density at radius 2 is 2.06 bits per heavy atom. The van der Waals surface area contributed by atoms with Gasteiger partial charge in [0.1, 0.15) is 5.75 Å². The first-order valence-electron chi connectivity index (χ1n) is 6.02. The van der Waals surface area contributed by atoms with E-state index in [1.54, 1.807) is 7.11 Å². The number of methoxy groups -OCH3 is 1. The van der Waals surface area contributed by atoms with E-state index < -0.39 is 0 Å². The zero-order chi connectivity index (χ0) is 12.8. The summed E-state index contributed by atoms with van der Waals surface area (Å²) in [6, 6.07) is 6.70. The molecule has 0 fully saturated rings. The van der Waals surface area contributed by atoms with Crippen LogP contribution in [0.4, 0.5) is 0 Å². The smallest absolute Gasteiger partial charge is 0.119 e. The van der Waals surface area contributed by atoms with Crippen LogP contribution in [-0.4, -0.2) is 25.2 Å². The molecule has 2 nitrogen and oxygen atoms in total. The molecule has 1 aromatic rings. The highest BCUT2D eigenvalue weighted by atomic mass is 32.2. The minimum Gasteiger partial charge on any atom is -0.497 e. The van der Waals surface area contributed by atoms with Crippen LogP contribution in [0.2, 0.25) is 0 Å². The SMILES string of the molecule is CNC(CSC(C)C)c1ccc(OC)cc1C. The largest absolute Gasteiger partial charge is 0.497 e. The first-order valence-corrected chi connectivity index (χ1v) is 7.06. The number of rotatable bonds is 6. The van der Waals surface area contributed by atoms with Crippen LogP contribution in [0.5, 0.6) is 5.75 Å². The summed E-state index contributed by atoms with van der Waals surface area (Å²) < 4.78 is 5.24. The van der Waals surface area contributed by atoms with Crippen molar-refractivity contribution in [2.45, 2.75) is 32.1 Å². The average Bonchev–Trinajstić information content (AvgIpc) is 2.31. The third kappa shape index (κ3) is 4.25. The highest BCUT2D eigenvalue weighted by Crippen LogP contribution is 2.26. The summed E-state index contributed by atoms with van der Waals surface area (Å²) in [7, 11) is 3.73. The minimum atomic E-state index is 0.410. The zero-order valence-corrected chi connectivity index (χ0v) is 12.2. The first-order chi connectivity index (χ1) is 8.08. The topological polar surface area (TPSA) is 21.3 Å². The lowest BCUT2D eigenvalue weighted by molar-refractivity contribution is 0.414. The van der Waals surface area contributed by atoms with E-state index in [0.29, 0.717) is 11.3 Å². The van der Waals surface area contributed by atoms with Crippen LogP contribution in [0, 0.1) is 6.92 Å². The molecule has 0 aliphatic carbocycles. The van der Waals surface area contributed by atoms with Crippen molar-refractivity contribution >= 4 is 11.8 Å². The number of nitrogens with one attached hydrogen (secondary N) is 1. The lowest BCUT2D eigenvalue weighted by Crippen LogP contribution is -2.20. The van der Waals surface area contributed by atoms with E-state index in [2.05, 4.69) is 38.2 Å². The number of thioether (sulfide) groups is 1. The molecule has 96 valence electrons. The van der Waals surface area contributed by atoms with Gasteiger partial charge in [0.05, 0.1) is 7.11 Å². The fourth-order valence-electron chi connectivity index (χ4n) is 1.78. The molecule has 0 amide bonds. The van der Waals surface area contributed by atoms with Gasteiger partial charge < -0.3 is 10.1 Å². The summed E-state index contributed by atoms with van der Waals surface area (Å²) in [6.45, 7) is 6.61. The second kappa shape index (κ2) is 6.92. The lowest BCUT2D eigenvalue weighted by atomic mass is 10.0. The molecular formula is C14H23NOS. The van der Waals surface area contributed by atoms with Crippen molar-refractivity contribution < 1.29 is 4.74 Å². The Kier molecular flexibility index (Phi) is 5.86. The summed E-state index contributed by atoms with van der Waals surface area (Å²) in [6.07, 6.45) is 0. The minimum absolute atomic E-state index is 0.410. The van der Waals surface area contributed by atoms with Gasteiger partial charge in [0.25, 0.3) is 0 Å². The maximum atomic E-state index is 5.24. The van der Waals surface area contributed by atoms with Crippen molar-refractivity contribution in [2.75, 3.05) is 19.9 Å². The molecule has 1 N–H and O–H groups in total. The molecule has 1 aromatic carbocycles. The molecule has 3 heteroatoms. The van der Waals surface area contributed by atoms with Gasteiger partial charge in [-0.25, -0.2) is 0 Å². The Balaban J connectivity index is 2.80. The highest BCUT2D eigenvalue weighted by molar-refractivity contribution is 7.99. The van der Waals surface area contributed by atoms with E-state index >= 15 is 0 Å². The lowest BCUT2D eigenvalue weighted by Gasteiger charge is -2.20. The predicted octanol–water partition coefficient (Wildman–Crippen LogP) is 3.41. The second-order valence-corrected chi connectivity index (χ2v) is 6.06.